The zero-order valence-corrected chi connectivity index (χ0v) is 22.8. The molecule has 1 nitrogen and oxygen atoms in total. The van der Waals surface area contributed by atoms with E-state index < -0.39 is 46.9 Å². The van der Waals surface area contributed by atoms with Gasteiger partial charge in [-0.25, -0.2) is 22.0 Å². The first kappa shape index (κ1) is 30.4. The van der Waals surface area contributed by atoms with Crippen LogP contribution in [0.4, 0.5) is 30.7 Å². The Morgan fingerprint density at radius 2 is 1.25 bits per heavy atom. The van der Waals surface area contributed by atoms with Crippen molar-refractivity contribution in [2.45, 2.75) is 96.0 Å². The Bertz CT molecular complexity index is 1120. The summed E-state index contributed by atoms with van der Waals surface area (Å²) in [5.41, 5.74) is 0.912. The maximum atomic E-state index is 14.8. The Kier molecular flexibility index (Phi) is 10.2. The molecule has 0 N–H and O–H groups in total. The maximum absolute atomic E-state index is 14.8. The van der Waals surface area contributed by atoms with Gasteiger partial charge >= 0.3 is 6.11 Å². The van der Waals surface area contributed by atoms with E-state index in [0.717, 1.165) is 32.1 Å². The first-order valence-electron chi connectivity index (χ1n) is 14.4. The lowest BCUT2D eigenvalue weighted by atomic mass is 9.76. The first-order valence-corrected chi connectivity index (χ1v) is 14.4. The van der Waals surface area contributed by atoms with Crippen LogP contribution in [0.15, 0.2) is 36.4 Å². The predicted molar refractivity (Wildman–Crippen MR) is 141 cm³/mol. The molecule has 0 radical (unpaired) electrons. The fourth-order valence-corrected chi connectivity index (χ4v) is 6.14. The maximum Gasteiger partial charge on any atom is 0.400 e. The van der Waals surface area contributed by atoms with Crippen LogP contribution in [0.5, 0.6) is 5.75 Å². The molecule has 40 heavy (non-hydrogen) atoms. The monoisotopic (exact) mass is 570 g/mol. The lowest BCUT2D eigenvalue weighted by Gasteiger charge is -2.32. The highest BCUT2D eigenvalue weighted by molar-refractivity contribution is 5.30. The van der Waals surface area contributed by atoms with Crippen LogP contribution in [0.25, 0.3) is 0 Å². The molecule has 0 saturated heterocycles. The summed E-state index contributed by atoms with van der Waals surface area (Å²) < 4.78 is 103. The number of unbranched alkanes of at least 4 members (excludes halogenated alkanes) is 2. The van der Waals surface area contributed by atoms with Crippen molar-refractivity contribution in [1.82, 2.24) is 0 Å². The summed E-state index contributed by atoms with van der Waals surface area (Å²) in [5.74, 6) is -7.40. The quantitative estimate of drug-likeness (QED) is 0.120. The number of alkyl halides is 2. The van der Waals surface area contributed by atoms with Gasteiger partial charge in [0.1, 0.15) is 17.4 Å². The second-order valence-corrected chi connectivity index (χ2v) is 11.4. The molecular weight excluding hydrogens is 533 g/mol. The van der Waals surface area contributed by atoms with Gasteiger partial charge in [0, 0.05) is 17.7 Å². The SMILES string of the molecule is CCCCCc1cc(F)c(C2CCC(/C=C/C3CCC(C(F)(F)Oc4cc(F)c(F)c(F)c4)CC3)CC2)c(F)c1. The largest absolute Gasteiger partial charge is 0.432 e. The highest BCUT2D eigenvalue weighted by Gasteiger charge is 2.44. The van der Waals surface area contributed by atoms with Crippen LogP contribution in [-0.4, -0.2) is 6.11 Å². The third kappa shape index (κ3) is 7.61. The molecule has 0 unspecified atom stereocenters. The number of halogens is 7. The van der Waals surface area contributed by atoms with Crippen molar-refractivity contribution < 1.29 is 35.5 Å². The van der Waals surface area contributed by atoms with Crippen molar-refractivity contribution in [3.8, 4) is 5.75 Å². The number of benzene rings is 2. The van der Waals surface area contributed by atoms with Crippen LogP contribution in [0.2, 0.25) is 0 Å². The van der Waals surface area contributed by atoms with Gasteiger partial charge in [-0.1, -0.05) is 31.9 Å². The lowest BCUT2D eigenvalue weighted by molar-refractivity contribution is -0.223. The smallest absolute Gasteiger partial charge is 0.400 e. The van der Waals surface area contributed by atoms with Gasteiger partial charge < -0.3 is 4.74 Å². The summed E-state index contributed by atoms with van der Waals surface area (Å²) >= 11 is 0. The van der Waals surface area contributed by atoms with Gasteiger partial charge in [0.05, 0.1) is 5.92 Å². The molecular formula is C32H37F7O. The van der Waals surface area contributed by atoms with E-state index in [1.165, 1.54) is 12.1 Å². The van der Waals surface area contributed by atoms with Gasteiger partial charge in [-0.05, 0) is 99.7 Å². The van der Waals surface area contributed by atoms with Gasteiger partial charge in [0.15, 0.2) is 17.5 Å². The average Bonchev–Trinajstić information content (AvgIpc) is 2.91. The zero-order valence-electron chi connectivity index (χ0n) is 22.8. The van der Waals surface area contributed by atoms with Crippen LogP contribution in [0.1, 0.15) is 94.6 Å². The van der Waals surface area contributed by atoms with E-state index in [-0.39, 0.29) is 36.2 Å². The van der Waals surface area contributed by atoms with Crippen LogP contribution in [0, 0.1) is 46.8 Å². The molecule has 0 amide bonds. The molecule has 2 fully saturated rings. The Balaban J connectivity index is 1.24. The predicted octanol–water partition coefficient (Wildman–Crippen LogP) is 10.4. The fourth-order valence-electron chi connectivity index (χ4n) is 6.14. The summed E-state index contributed by atoms with van der Waals surface area (Å²) in [7, 11) is 0. The van der Waals surface area contributed by atoms with Crippen molar-refractivity contribution in [3.63, 3.8) is 0 Å². The summed E-state index contributed by atoms with van der Waals surface area (Å²) in [6.07, 6.45) is 8.62. The number of rotatable bonds is 10. The topological polar surface area (TPSA) is 9.23 Å². The average molecular weight is 571 g/mol. The van der Waals surface area contributed by atoms with Gasteiger partial charge in [-0.15, -0.1) is 0 Å². The zero-order chi connectivity index (χ0) is 28.9. The number of hydrogen-bond donors (Lipinski definition) is 0. The van der Waals surface area contributed by atoms with Crippen molar-refractivity contribution >= 4 is 0 Å². The molecule has 8 heteroatoms. The van der Waals surface area contributed by atoms with Crippen LogP contribution in [0.3, 0.4) is 0 Å². The Morgan fingerprint density at radius 3 is 1.77 bits per heavy atom. The van der Waals surface area contributed by atoms with E-state index in [4.69, 9.17) is 0 Å². The molecule has 0 aliphatic heterocycles. The van der Waals surface area contributed by atoms with Crippen molar-refractivity contribution in [2.75, 3.05) is 0 Å². The van der Waals surface area contributed by atoms with Gasteiger partial charge in [-0.2, -0.15) is 8.78 Å². The summed E-state index contributed by atoms with van der Waals surface area (Å²) in [4.78, 5) is 0. The van der Waals surface area contributed by atoms with Crippen LogP contribution < -0.4 is 4.74 Å². The third-order valence-electron chi connectivity index (χ3n) is 8.50. The van der Waals surface area contributed by atoms with Crippen molar-refractivity contribution in [2.24, 2.45) is 17.8 Å². The van der Waals surface area contributed by atoms with E-state index in [2.05, 4.69) is 23.8 Å². The van der Waals surface area contributed by atoms with Crippen LogP contribution in [-0.2, 0) is 6.42 Å². The number of ether oxygens (including phenoxy) is 1. The van der Waals surface area contributed by atoms with E-state index >= 15 is 0 Å². The van der Waals surface area contributed by atoms with E-state index in [1.54, 1.807) is 0 Å². The number of allylic oxidation sites excluding steroid dienone is 2. The second-order valence-electron chi connectivity index (χ2n) is 11.4. The molecule has 0 aromatic heterocycles. The summed E-state index contributed by atoms with van der Waals surface area (Å²) in [6, 6.07) is 3.81. The minimum atomic E-state index is -3.64. The second kappa shape index (κ2) is 13.4. The molecule has 2 aliphatic carbocycles. The van der Waals surface area contributed by atoms with Crippen molar-refractivity contribution in [3.05, 3.63) is 76.6 Å². The van der Waals surface area contributed by atoms with Gasteiger partial charge in [0.25, 0.3) is 0 Å². The molecule has 0 heterocycles. The Hall–Kier alpha value is -2.51. The van der Waals surface area contributed by atoms with E-state index in [0.29, 0.717) is 49.8 Å². The third-order valence-corrected chi connectivity index (χ3v) is 8.50. The molecule has 2 aromatic rings. The highest BCUT2D eigenvalue weighted by atomic mass is 19.3. The molecule has 0 atom stereocenters. The molecule has 4 rings (SSSR count). The van der Waals surface area contributed by atoms with Crippen molar-refractivity contribution in [1.29, 1.82) is 0 Å². The Morgan fingerprint density at radius 1 is 0.725 bits per heavy atom. The summed E-state index contributed by atoms with van der Waals surface area (Å²) in [6.45, 7) is 2.09. The molecule has 0 bridgehead atoms. The molecule has 2 aromatic carbocycles. The minimum Gasteiger partial charge on any atom is -0.432 e. The molecule has 2 aliphatic rings. The van der Waals surface area contributed by atoms with E-state index in [9.17, 15) is 30.7 Å². The minimum absolute atomic E-state index is 0.126. The van der Waals surface area contributed by atoms with E-state index in [1.807, 2.05) is 0 Å². The van der Waals surface area contributed by atoms with Gasteiger partial charge in [0.2, 0.25) is 0 Å². The number of hydrogen-bond acceptors (Lipinski definition) is 1. The molecule has 0 spiro atoms. The standard InChI is InChI=1S/C32H37F7O/c1-2-3-4-5-22-16-26(33)30(27(34)17-22)23-12-8-20(9-13-23)6-7-21-10-14-24(15-11-21)32(38,39)40-25-18-28(35)31(37)29(36)19-25/h6-7,16-21,23-24H,2-5,8-15H2,1H3/b7-6+. The fraction of sp³-hybridized carbons (Fsp3) is 0.562. The molecule has 220 valence electrons. The number of aryl methyl sites for hydroxylation is 1. The lowest BCUT2D eigenvalue weighted by Crippen LogP contribution is -2.37. The Labute approximate surface area is 231 Å². The summed E-state index contributed by atoms with van der Waals surface area (Å²) in [5, 5.41) is 0. The highest BCUT2D eigenvalue weighted by Crippen LogP contribution is 2.42. The molecule has 2 saturated carbocycles. The normalized spacial score (nSPS) is 24.0. The van der Waals surface area contributed by atoms with Gasteiger partial charge in [-0.3, -0.25) is 0 Å². The first-order chi connectivity index (χ1) is 19.1. The van der Waals surface area contributed by atoms with Crippen LogP contribution >= 0.6 is 0 Å².